The second kappa shape index (κ2) is 7.46. The van der Waals surface area contributed by atoms with Crippen molar-refractivity contribution in [3.63, 3.8) is 0 Å². The standard InChI is InChI=1S/C20H25N7O/c1-4-18-23-24-19-12-17(13-21-27(18)19)25-7-9-26(10-8-25)20(28)22-16-6-5-14(2)15(3)11-16/h5-6,11-13H,4,7-10H2,1-3H3,(H,22,28). The fourth-order valence-electron chi connectivity index (χ4n) is 3.41. The smallest absolute Gasteiger partial charge is 0.321 e. The predicted molar refractivity (Wildman–Crippen MR) is 109 cm³/mol. The number of carbonyl (C=O) groups is 1. The lowest BCUT2D eigenvalue weighted by Crippen LogP contribution is -2.50. The van der Waals surface area contributed by atoms with Crippen molar-refractivity contribution in [3.05, 3.63) is 47.4 Å². The number of rotatable bonds is 3. The van der Waals surface area contributed by atoms with Crippen LogP contribution < -0.4 is 10.2 Å². The van der Waals surface area contributed by atoms with Crippen molar-refractivity contribution in [2.24, 2.45) is 0 Å². The molecule has 3 aromatic rings. The molecule has 2 amide bonds. The summed E-state index contributed by atoms with van der Waals surface area (Å²) in [6, 6.07) is 7.93. The molecule has 0 spiro atoms. The number of hydrogen-bond acceptors (Lipinski definition) is 5. The molecule has 8 heteroatoms. The van der Waals surface area contributed by atoms with Gasteiger partial charge in [-0.1, -0.05) is 13.0 Å². The molecule has 8 nitrogen and oxygen atoms in total. The summed E-state index contributed by atoms with van der Waals surface area (Å²) in [4.78, 5) is 16.7. The van der Waals surface area contributed by atoms with E-state index in [1.807, 2.05) is 49.2 Å². The van der Waals surface area contributed by atoms with Crippen molar-refractivity contribution in [1.82, 2.24) is 24.7 Å². The summed E-state index contributed by atoms with van der Waals surface area (Å²) in [6.07, 6.45) is 2.64. The number of carbonyl (C=O) groups excluding carboxylic acids is 1. The number of piperazine rings is 1. The molecule has 1 aliphatic rings. The molecule has 1 fully saturated rings. The minimum absolute atomic E-state index is 0.0541. The summed E-state index contributed by atoms with van der Waals surface area (Å²) in [7, 11) is 0. The Balaban J connectivity index is 1.38. The second-order valence-electron chi connectivity index (χ2n) is 7.16. The zero-order valence-corrected chi connectivity index (χ0v) is 16.5. The van der Waals surface area contributed by atoms with Gasteiger partial charge in [0.25, 0.3) is 0 Å². The lowest BCUT2D eigenvalue weighted by molar-refractivity contribution is 0.208. The number of nitrogens with one attached hydrogen (secondary N) is 1. The van der Waals surface area contributed by atoms with Gasteiger partial charge >= 0.3 is 6.03 Å². The van der Waals surface area contributed by atoms with Gasteiger partial charge in [0.2, 0.25) is 0 Å². The first-order valence-electron chi connectivity index (χ1n) is 9.63. The minimum atomic E-state index is -0.0541. The van der Waals surface area contributed by atoms with Gasteiger partial charge in [-0.25, -0.2) is 4.79 Å². The molecule has 0 atom stereocenters. The first-order chi connectivity index (χ1) is 13.5. The third kappa shape index (κ3) is 3.49. The molecule has 2 aromatic heterocycles. The largest absolute Gasteiger partial charge is 0.367 e. The van der Waals surface area contributed by atoms with E-state index in [0.717, 1.165) is 42.4 Å². The van der Waals surface area contributed by atoms with Gasteiger partial charge in [0, 0.05) is 44.4 Å². The molecule has 0 radical (unpaired) electrons. The Morgan fingerprint density at radius 1 is 1.07 bits per heavy atom. The number of urea groups is 1. The van der Waals surface area contributed by atoms with Gasteiger partial charge in [0.1, 0.15) is 0 Å². The number of fused-ring (bicyclic) bond motifs is 1. The van der Waals surface area contributed by atoms with Gasteiger partial charge in [-0.2, -0.15) is 9.61 Å². The van der Waals surface area contributed by atoms with E-state index >= 15 is 0 Å². The molecular weight excluding hydrogens is 354 g/mol. The van der Waals surface area contributed by atoms with Crippen LogP contribution >= 0.6 is 0 Å². The minimum Gasteiger partial charge on any atom is -0.367 e. The van der Waals surface area contributed by atoms with Crippen molar-refractivity contribution >= 4 is 23.1 Å². The average molecular weight is 379 g/mol. The molecule has 1 saturated heterocycles. The number of aromatic nitrogens is 4. The summed E-state index contributed by atoms with van der Waals surface area (Å²) in [6.45, 7) is 8.99. The van der Waals surface area contributed by atoms with Gasteiger partial charge in [-0.3, -0.25) is 0 Å². The lowest BCUT2D eigenvalue weighted by atomic mass is 10.1. The topological polar surface area (TPSA) is 78.7 Å². The van der Waals surface area contributed by atoms with Crippen molar-refractivity contribution in [3.8, 4) is 0 Å². The van der Waals surface area contributed by atoms with Gasteiger partial charge in [0.15, 0.2) is 11.5 Å². The molecule has 146 valence electrons. The molecule has 1 aromatic carbocycles. The van der Waals surface area contributed by atoms with Gasteiger partial charge in [-0.05, 0) is 37.1 Å². The third-order valence-corrected chi connectivity index (χ3v) is 5.32. The van der Waals surface area contributed by atoms with Crippen molar-refractivity contribution in [1.29, 1.82) is 0 Å². The van der Waals surface area contributed by atoms with E-state index in [0.29, 0.717) is 13.1 Å². The van der Waals surface area contributed by atoms with Crippen molar-refractivity contribution < 1.29 is 4.79 Å². The molecule has 0 unspecified atom stereocenters. The predicted octanol–water partition coefficient (Wildman–Crippen LogP) is 2.66. The summed E-state index contributed by atoms with van der Waals surface area (Å²) < 4.78 is 1.77. The van der Waals surface area contributed by atoms with E-state index in [9.17, 15) is 4.79 Å². The maximum Gasteiger partial charge on any atom is 0.321 e. The Morgan fingerprint density at radius 3 is 2.57 bits per heavy atom. The van der Waals surface area contributed by atoms with E-state index in [1.165, 1.54) is 11.1 Å². The lowest BCUT2D eigenvalue weighted by Gasteiger charge is -2.35. The maximum atomic E-state index is 12.6. The van der Waals surface area contributed by atoms with Crippen LogP contribution in [0.1, 0.15) is 23.9 Å². The van der Waals surface area contributed by atoms with E-state index in [4.69, 9.17) is 0 Å². The van der Waals surface area contributed by atoms with Gasteiger partial charge < -0.3 is 15.1 Å². The van der Waals surface area contributed by atoms with Crippen LogP contribution in [0, 0.1) is 13.8 Å². The number of hydrogen-bond donors (Lipinski definition) is 1. The summed E-state index contributed by atoms with van der Waals surface area (Å²) >= 11 is 0. The zero-order valence-electron chi connectivity index (χ0n) is 16.5. The third-order valence-electron chi connectivity index (χ3n) is 5.32. The number of benzene rings is 1. The molecule has 0 bridgehead atoms. The normalized spacial score (nSPS) is 14.5. The Morgan fingerprint density at radius 2 is 1.86 bits per heavy atom. The van der Waals surface area contributed by atoms with Crippen LogP contribution in [-0.4, -0.2) is 56.9 Å². The highest BCUT2D eigenvalue weighted by atomic mass is 16.2. The number of nitrogens with zero attached hydrogens (tertiary/aromatic N) is 6. The number of amides is 2. The van der Waals surface area contributed by atoms with E-state index in [2.05, 4.69) is 32.4 Å². The van der Waals surface area contributed by atoms with E-state index < -0.39 is 0 Å². The van der Waals surface area contributed by atoms with E-state index in [-0.39, 0.29) is 6.03 Å². The van der Waals surface area contributed by atoms with Gasteiger partial charge in [-0.15, -0.1) is 10.2 Å². The fourth-order valence-corrected chi connectivity index (χ4v) is 3.41. The Bertz CT molecular complexity index is 1000. The highest BCUT2D eigenvalue weighted by Gasteiger charge is 2.22. The highest BCUT2D eigenvalue weighted by molar-refractivity contribution is 5.89. The van der Waals surface area contributed by atoms with Crippen LogP contribution in [0.4, 0.5) is 16.2 Å². The summed E-state index contributed by atoms with van der Waals surface area (Å²) in [5, 5.41) is 15.8. The maximum absolute atomic E-state index is 12.6. The van der Waals surface area contributed by atoms with Crippen molar-refractivity contribution in [2.75, 3.05) is 36.4 Å². The Hall–Kier alpha value is -3.16. The van der Waals surface area contributed by atoms with Crippen LogP contribution in [0.15, 0.2) is 30.5 Å². The molecule has 0 aliphatic carbocycles. The fraction of sp³-hybridized carbons (Fsp3) is 0.400. The molecule has 1 aliphatic heterocycles. The van der Waals surface area contributed by atoms with Crippen LogP contribution in [0.2, 0.25) is 0 Å². The first kappa shape index (κ1) is 18.2. The average Bonchev–Trinajstić information content (AvgIpc) is 3.13. The second-order valence-corrected chi connectivity index (χ2v) is 7.16. The summed E-state index contributed by atoms with van der Waals surface area (Å²) in [5.41, 5.74) is 4.99. The molecule has 1 N–H and O–H groups in total. The SMILES string of the molecule is CCc1nnc2cc(N3CCN(C(=O)Nc4ccc(C)c(C)c4)CC3)cnn12. The Kier molecular flexibility index (Phi) is 4.85. The molecule has 4 rings (SSSR count). The van der Waals surface area contributed by atoms with Crippen LogP contribution in [0.3, 0.4) is 0 Å². The highest BCUT2D eigenvalue weighted by Crippen LogP contribution is 2.19. The molecular formula is C20H25N7O. The quantitative estimate of drug-likeness (QED) is 0.757. The molecule has 3 heterocycles. The van der Waals surface area contributed by atoms with Crippen LogP contribution in [-0.2, 0) is 6.42 Å². The van der Waals surface area contributed by atoms with Gasteiger partial charge in [0.05, 0.1) is 11.9 Å². The zero-order chi connectivity index (χ0) is 19.7. The monoisotopic (exact) mass is 379 g/mol. The van der Waals surface area contributed by atoms with Crippen LogP contribution in [0.25, 0.3) is 5.65 Å². The first-order valence-corrected chi connectivity index (χ1v) is 9.63. The molecule has 0 saturated carbocycles. The van der Waals surface area contributed by atoms with Crippen LogP contribution in [0.5, 0.6) is 0 Å². The van der Waals surface area contributed by atoms with Crippen molar-refractivity contribution in [2.45, 2.75) is 27.2 Å². The molecule has 28 heavy (non-hydrogen) atoms. The Labute approximate surface area is 164 Å². The number of aryl methyl sites for hydroxylation is 3. The van der Waals surface area contributed by atoms with E-state index in [1.54, 1.807) is 4.52 Å². The number of anilines is 2. The summed E-state index contributed by atoms with van der Waals surface area (Å²) in [5.74, 6) is 0.856.